The lowest BCUT2D eigenvalue weighted by Crippen LogP contribution is -2.12. The maximum atomic E-state index is 10.8. The van der Waals surface area contributed by atoms with E-state index < -0.39 is 0 Å². The molecule has 0 saturated heterocycles. The smallest absolute Gasteiger partial charge is 0.236 e. The first kappa shape index (κ1) is 14.3. The third-order valence-corrected chi connectivity index (χ3v) is 3.20. The number of hydrazone groups is 1. The normalized spacial score (nSPS) is 11.0. The van der Waals surface area contributed by atoms with E-state index in [-0.39, 0.29) is 5.91 Å². The molecule has 0 atom stereocenters. The van der Waals surface area contributed by atoms with Gasteiger partial charge in [0.05, 0.1) is 6.21 Å². The molecule has 2 rings (SSSR count). The lowest BCUT2D eigenvalue weighted by Gasteiger charge is -2.09. The number of rotatable bonds is 3. The van der Waals surface area contributed by atoms with Gasteiger partial charge in [-0.05, 0) is 38.1 Å². The van der Waals surface area contributed by atoms with Crippen LogP contribution in [0.15, 0.2) is 35.4 Å². The zero-order chi connectivity index (χ0) is 14.7. The number of nitrogens with one attached hydrogen (secondary N) is 1. The molecule has 0 bridgehead atoms. The highest BCUT2D eigenvalue weighted by Crippen LogP contribution is 2.22. The molecule has 2 aromatic rings. The van der Waals surface area contributed by atoms with Gasteiger partial charge in [-0.25, -0.2) is 5.43 Å². The number of aromatic nitrogens is 1. The molecular formula is C15H16ClN3O. The average Bonchev–Trinajstić information content (AvgIpc) is 2.64. The van der Waals surface area contributed by atoms with Gasteiger partial charge < -0.3 is 4.57 Å². The van der Waals surface area contributed by atoms with E-state index in [0.29, 0.717) is 5.02 Å². The van der Waals surface area contributed by atoms with Gasteiger partial charge in [-0.2, -0.15) is 5.10 Å². The van der Waals surface area contributed by atoms with Crippen molar-refractivity contribution in [2.24, 2.45) is 5.10 Å². The topological polar surface area (TPSA) is 46.4 Å². The molecular weight excluding hydrogens is 274 g/mol. The summed E-state index contributed by atoms with van der Waals surface area (Å²) in [5.41, 5.74) is 6.48. The van der Waals surface area contributed by atoms with Crippen LogP contribution < -0.4 is 5.43 Å². The molecule has 1 N–H and O–H groups in total. The molecule has 1 aromatic heterocycles. The molecule has 0 aliphatic heterocycles. The summed E-state index contributed by atoms with van der Waals surface area (Å²) >= 11 is 6.04. The minimum atomic E-state index is -0.190. The molecule has 0 aliphatic rings. The zero-order valence-electron chi connectivity index (χ0n) is 11.6. The molecule has 1 amide bonds. The quantitative estimate of drug-likeness (QED) is 0.684. The SMILES string of the molecule is CC(=O)N/N=C/c1cc(C)n(-c2cccc(Cl)c2)c1C. The van der Waals surface area contributed by atoms with E-state index in [1.165, 1.54) is 6.92 Å². The van der Waals surface area contributed by atoms with E-state index in [1.54, 1.807) is 6.21 Å². The fourth-order valence-corrected chi connectivity index (χ4v) is 2.31. The first-order valence-corrected chi connectivity index (χ1v) is 6.61. The fraction of sp³-hybridized carbons (Fsp3) is 0.200. The van der Waals surface area contributed by atoms with Crippen molar-refractivity contribution >= 4 is 23.7 Å². The Kier molecular flexibility index (Phi) is 4.25. The maximum absolute atomic E-state index is 10.8. The van der Waals surface area contributed by atoms with Crippen LogP contribution in [0.4, 0.5) is 0 Å². The molecule has 4 nitrogen and oxygen atoms in total. The number of halogens is 1. The van der Waals surface area contributed by atoms with Crippen molar-refractivity contribution in [2.45, 2.75) is 20.8 Å². The second kappa shape index (κ2) is 5.92. The Labute approximate surface area is 123 Å². The third-order valence-electron chi connectivity index (χ3n) is 2.96. The van der Waals surface area contributed by atoms with Gasteiger partial charge in [0.1, 0.15) is 0 Å². The summed E-state index contributed by atoms with van der Waals surface area (Å²) in [4.78, 5) is 10.8. The summed E-state index contributed by atoms with van der Waals surface area (Å²) in [6.07, 6.45) is 1.64. The van der Waals surface area contributed by atoms with Crippen molar-refractivity contribution in [3.63, 3.8) is 0 Å². The second-order valence-corrected chi connectivity index (χ2v) is 5.00. The zero-order valence-corrected chi connectivity index (χ0v) is 12.4. The number of hydrogen-bond acceptors (Lipinski definition) is 2. The summed E-state index contributed by atoms with van der Waals surface area (Å²) in [6, 6.07) is 9.69. The van der Waals surface area contributed by atoms with E-state index in [4.69, 9.17) is 11.6 Å². The van der Waals surface area contributed by atoms with Crippen molar-refractivity contribution in [3.05, 3.63) is 52.3 Å². The third kappa shape index (κ3) is 3.08. The van der Waals surface area contributed by atoms with E-state index in [2.05, 4.69) is 15.1 Å². The van der Waals surface area contributed by atoms with Crippen LogP contribution in [0.5, 0.6) is 0 Å². The Morgan fingerprint density at radius 2 is 2.10 bits per heavy atom. The van der Waals surface area contributed by atoms with Gasteiger partial charge in [0.15, 0.2) is 0 Å². The largest absolute Gasteiger partial charge is 0.318 e. The highest BCUT2D eigenvalue weighted by atomic mass is 35.5. The molecule has 0 fully saturated rings. The minimum Gasteiger partial charge on any atom is -0.318 e. The standard InChI is InChI=1S/C15H16ClN3O/c1-10-7-13(9-17-18-12(3)20)11(2)19(10)15-6-4-5-14(16)8-15/h4-9H,1-3H3,(H,18,20)/b17-9+. The van der Waals surface area contributed by atoms with Crippen LogP contribution in [0.25, 0.3) is 5.69 Å². The van der Waals surface area contributed by atoms with Gasteiger partial charge in [0.2, 0.25) is 5.91 Å². The number of benzene rings is 1. The van der Waals surface area contributed by atoms with Gasteiger partial charge in [-0.15, -0.1) is 0 Å². The number of hydrogen-bond donors (Lipinski definition) is 1. The second-order valence-electron chi connectivity index (χ2n) is 4.57. The van der Waals surface area contributed by atoms with Gasteiger partial charge in [-0.3, -0.25) is 4.79 Å². The van der Waals surface area contributed by atoms with Crippen LogP contribution in [-0.2, 0) is 4.79 Å². The Hall–Kier alpha value is -2.07. The van der Waals surface area contributed by atoms with Crippen LogP contribution in [0, 0.1) is 13.8 Å². The van der Waals surface area contributed by atoms with Crippen molar-refractivity contribution in [2.75, 3.05) is 0 Å². The van der Waals surface area contributed by atoms with Crippen LogP contribution in [0.1, 0.15) is 23.9 Å². The number of nitrogens with zero attached hydrogens (tertiary/aromatic N) is 2. The van der Waals surface area contributed by atoms with E-state index in [0.717, 1.165) is 22.6 Å². The molecule has 5 heteroatoms. The fourth-order valence-electron chi connectivity index (χ4n) is 2.12. The highest BCUT2D eigenvalue weighted by molar-refractivity contribution is 6.30. The van der Waals surface area contributed by atoms with Gasteiger partial charge in [0, 0.05) is 34.6 Å². The first-order chi connectivity index (χ1) is 9.49. The Morgan fingerprint density at radius 1 is 1.35 bits per heavy atom. The van der Waals surface area contributed by atoms with Crippen molar-refractivity contribution < 1.29 is 4.79 Å². The predicted molar refractivity (Wildman–Crippen MR) is 81.7 cm³/mol. The molecule has 0 radical (unpaired) electrons. The minimum absolute atomic E-state index is 0.190. The van der Waals surface area contributed by atoms with E-state index in [9.17, 15) is 4.79 Å². The molecule has 0 spiro atoms. The summed E-state index contributed by atoms with van der Waals surface area (Å²) in [7, 11) is 0. The number of carbonyl (C=O) groups excluding carboxylic acids is 1. The number of amides is 1. The Bertz CT molecular complexity index is 674. The van der Waals surface area contributed by atoms with E-state index >= 15 is 0 Å². The predicted octanol–water partition coefficient (Wildman–Crippen LogP) is 3.22. The molecule has 104 valence electrons. The summed E-state index contributed by atoms with van der Waals surface area (Å²) in [5, 5.41) is 4.60. The summed E-state index contributed by atoms with van der Waals surface area (Å²) in [6.45, 7) is 5.44. The van der Waals surface area contributed by atoms with E-state index in [1.807, 2.05) is 44.2 Å². The van der Waals surface area contributed by atoms with Gasteiger partial charge in [-0.1, -0.05) is 17.7 Å². The molecule has 0 saturated carbocycles. The summed E-state index contributed by atoms with van der Waals surface area (Å²) in [5.74, 6) is -0.190. The Morgan fingerprint density at radius 3 is 2.75 bits per heavy atom. The number of aryl methyl sites for hydroxylation is 1. The Balaban J connectivity index is 2.39. The maximum Gasteiger partial charge on any atom is 0.236 e. The molecule has 20 heavy (non-hydrogen) atoms. The van der Waals surface area contributed by atoms with Crippen LogP contribution in [0.2, 0.25) is 5.02 Å². The molecule has 0 aliphatic carbocycles. The highest BCUT2D eigenvalue weighted by Gasteiger charge is 2.09. The number of carbonyl (C=O) groups is 1. The molecule has 0 unspecified atom stereocenters. The van der Waals surface area contributed by atoms with Crippen molar-refractivity contribution in [1.29, 1.82) is 0 Å². The van der Waals surface area contributed by atoms with Gasteiger partial charge in [0.25, 0.3) is 0 Å². The van der Waals surface area contributed by atoms with Crippen LogP contribution in [-0.4, -0.2) is 16.7 Å². The lowest BCUT2D eigenvalue weighted by atomic mass is 10.2. The first-order valence-electron chi connectivity index (χ1n) is 6.23. The monoisotopic (exact) mass is 289 g/mol. The lowest BCUT2D eigenvalue weighted by molar-refractivity contribution is -0.118. The molecule has 1 heterocycles. The summed E-state index contributed by atoms with van der Waals surface area (Å²) < 4.78 is 2.10. The van der Waals surface area contributed by atoms with Crippen molar-refractivity contribution in [3.8, 4) is 5.69 Å². The molecule has 1 aromatic carbocycles. The van der Waals surface area contributed by atoms with Crippen LogP contribution >= 0.6 is 11.6 Å². The van der Waals surface area contributed by atoms with Crippen LogP contribution in [0.3, 0.4) is 0 Å². The average molecular weight is 290 g/mol. The van der Waals surface area contributed by atoms with Gasteiger partial charge >= 0.3 is 0 Å². The van der Waals surface area contributed by atoms with Crippen molar-refractivity contribution in [1.82, 2.24) is 9.99 Å².